The molecule has 6 nitrogen and oxygen atoms in total. The number of rotatable bonds is 2. The number of para-hydroxylation sites is 1. The minimum absolute atomic E-state index is 0.216. The Balaban J connectivity index is 1.47. The van der Waals surface area contributed by atoms with Gasteiger partial charge in [-0.2, -0.15) is 0 Å². The molecular formula is C24H25N3O3. The van der Waals surface area contributed by atoms with E-state index < -0.39 is 17.6 Å². The lowest BCUT2D eigenvalue weighted by Crippen LogP contribution is -2.52. The number of benzene rings is 2. The summed E-state index contributed by atoms with van der Waals surface area (Å²) in [4.78, 5) is 42.8. The monoisotopic (exact) mass is 403 g/mol. The predicted molar refractivity (Wildman–Crippen MR) is 113 cm³/mol. The molecule has 1 saturated heterocycles. The van der Waals surface area contributed by atoms with Crippen LogP contribution in [0.2, 0.25) is 0 Å². The Morgan fingerprint density at radius 3 is 2.53 bits per heavy atom. The molecule has 0 saturated carbocycles. The molecule has 2 aromatic carbocycles. The van der Waals surface area contributed by atoms with Crippen molar-refractivity contribution in [2.75, 3.05) is 11.4 Å². The molecule has 2 aromatic rings. The first-order valence-electron chi connectivity index (χ1n) is 10.7. The second-order valence-electron chi connectivity index (χ2n) is 8.42. The van der Waals surface area contributed by atoms with Crippen LogP contribution in [0.15, 0.2) is 48.5 Å². The zero-order chi connectivity index (χ0) is 20.9. The number of hydrogen-bond acceptors (Lipinski definition) is 3. The van der Waals surface area contributed by atoms with Gasteiger partial charge in [0.2, 0.25) is 5.91 Å². The van der Waals surface area contributed by atoms with E-state index in [1.165, 1.54) is 0 Å². The Hall–Kier alpha value is -3.15. The fourth-order valence-corrected chi connectivity index (χ4v) is 5.23. The van der Waals surface area contributed by atoms with Gasteiger partial charge >= 0.3 is 6.03 Å². The zero-order valence-electron chi connectivity index (χ0n) is 17.1. The number of nitrogens with zero attached hydrogens (tertiary/aromatic N) is 2. The number of imide groups is 1. The van der Waals surface area contributed by atoms with Crippen LogP contribution in [-0.4, -0.2) is 35.3 Å². The van der Waals surface area contributed by atoms with Crippen molar-refractivity contribution in [2.24, 2.45) is 0 Å². The molecule has 0 aromatic heterocycles. The summed E-state index contributed by atoms with van der Waals surface area (Å²) in [5, 5.41) is 2.95. The van der Waals surface area contributed by atoms with Crippen molar-refractivity contribution in [1.29, 1.82) is 0 Å². The van der Waals surface area contributed by atoms with Crippen LogP contribution < -0.4 is 10.2 Å². The highest BCUT2D eigenvalue weighted by atomic mass is 16.2. The Labute approximate surface area is 175 Å². The van der Waals surface area contributed by atoms with E-state index in [0.717, 1.165) is 53.0 Å². The highest BCUT2D eigenvalue weighted by Gasteiger charge is 2.56. The molecule has 30 heavy (non-hydrogen) atoms. The van der Waals surface area contributed by atoms with Crippen LogP contribution in [0.25, 0.3) is 0 Å². The first kappa shape index (κ1) is 18.9. The molecule has 6 heteroatoms. The van der Waals surface area contributed by atoms with E-state index in [4.69, 9.17) is 0 Å². The van der Waals surface area contributed by atoms with Gasteiger partial charge in [0.15, 0.2) is 0 Å². The highest BCUT2D eigenvalue weighted by molar-refractivity contribution is 6.12. The average molecular weight is 403 g/mol. The molecule has 0 radical (unpaired) electrons. The average Bonchev–Trinajstić information content (AvgIpc) is 3.02. The van der Waals surface area contributed by atoms with Gasteiger partial charge in [-0.1, -0.05) is 42.5 Å². The number of anilines is 1. The van der Waals surface area contributed by atoms with Gasteiger partial charge < -0.3 is 10.2 Å². The molecule has 4 amide bonds. The Kier molecular flexibility index (Phi) is 4.38. The first-order chi connectivity index (χ1) is 14.5. The molecule has 154 valence electrons. The molecule has 2 unspecified atom stereocenters. The third-order valence-electron chi connectivity index (χ3n) is 6.72. The van der Waals surface area contributed by atoms with Gasteiger partial charge in [-0.25, -0.2) is 9.69 Å². The summed E-state index contributed by atoms with van der Waals surface area (Å²) in [7, 11) is 0. The van der Waals surface area contributed by atoms with Crippen LogP contribution in [0.3, 0.4) is 0 Å². The molecule has 3 aliphatic rings. The summed E-state index contributed by atoms with van der Waals surface area (Å²) in [6.45, 7) is 2.25. The smallest absolute Gasteiger partial charge is 0.319 e. The van der Waals surface area contributed by atoms with Crippen LogP contribution in [0.1, 0.15) is 42.9 Å². The van der Waals surface area contributed by atoms with Gasteiger partial charge in [-0.15, -0.1) is 0 Å². The third-order valence-corrected chi connectivity index (χ3v) is 6.72. The van der Waals surface area contributed by atoms with Crippen molar-refractivity contribution >= 4 is 23.5 Å². The second kappa shape index (κ2) is 6.97. The van der Waals surface area contributed by atoms with Crippen molar-refractivity contribution in [1.82, 2.24) is 10.2 Å². The molecule has 1 N–H and O–H groups in total. The maximum atomic E-state index is 13.6. The van der Waals surface area contributed by atoms with Crippen LogP contribution in [0, 0.1) is 0 Å². The lowest BCUT2D eigenvalue weighted by Gasteiger charge is -2.35. The summed E-state index contributed by atoms with van der Waals surface area (Å²) >= 11 is 0. The number of urea groups is 1. The maximum absolute atomic E-state index is 13.6. The van der Waals surface area contributed by atoms with E-state index in [0.29, 0.717) is 13.0 Å². The Bertz CT molecular complexity index is 1050. The van der Waals surface area contributed by atoms with Gasteiger partial charge in [0, 0.05) is 12.2 Å². The number of aryl methyl sites for hydroxylation is 2. The van der Waals surface area contributed by atoms with Crippen molar-refractivity contribution < 1.29 is 14.4 Å². The molecule has 5 rings (SSSR count). The van der Waals surface area contributed by atoms with E-state index in [1.807, 2.05) is 48.5 Å². The van der Waals surface area contributed by atoms with Crippen LogP contribution in [0.5, 0.6) is 0 Å². The number of carbonyl (C=O) groups excluding carboxylic acids is 3. The first-order valence-corrected chi connectivity index (χ1v) is 10.7. The normalized spacial score (nSPS) is 23.8. The summed E-state index contributed by atoms with van der Waals surface area (Å²) < 4.78 is 0. The quantitative estimate of drug-likeness (QED) is 0.784. The summed E-state index contributed by atoms with van der Waals surface area (Å²) in [6.07, 6.45) is 4.06. The largest absolute Gasteiger partial charge is 0.326 e. The van der Waals surface area contributed by atoms with Crippen molar-refractivity contribution in [3.05, 3.63) is 65.2 Å². The van der Waals surface area contributed by atoms with Gasteiger partial charge in [0.25, 0.3) is 5.91 Å². The number of fused-ring (bicyclic) bond motifs is 3. The molecule has 1 spiro atoms. The molecule has 2 heterocycles. The van der Waals surface area contributed by atoms with Crippen molar-refractivity contribution in [2.45, 2.75) is 50.6 Å². The van der Waals surface area contributed by atoms with E-state index in [-0.39, 0.29) is 11.8 Å². The van der Waals surface area contributed by atoms with Gasteiger partial charge in [-0.3, -0.25) is 9.59 Å². The van der Waals surface area contributed by atoms with Crippen LogP contribution >= 0.6 is 0 Å². The minimum atomic E-state index is -1.06. The van der Waals surface area contributed by atoms with E-state index in [1.54, 1.807) is 11.8 Å². The van der Waals surface area contributed by atoms with Crippen LogP contribution in [0.4, 0.5) is 10.5 Å². The summed E-state index contributed by atoms with van der Waals surface area (Å²) in [6, 6.07) is 14.3. The Morgan fingerprint density at radius 2 is 1.70 bits per heavy atom. The number of carbonyl (C=O) groups is 3. The highest BCUT2D eigenvalue weighted by Crippen LogP contribution is 2.40. The number of amides is 4. The number of hydrogen-bond donors (Lipinski definition) is 1. The van der Waals surface area contributed by atoms with E-state index in [9.17, 15) is 14.4 Å². The zero-order valence-corrected chi connectivity index (χ0v) is 17.1. The molecule has 0 bridgehead atoms. The topological polar surface area (TPSA) is 69.7 Å². The second-order valence-corrected chi connectivity index (χ2v) is 8.42. The van der Waals surface area contributed by atoms with E-state index >= 15 is 0 Å². The molecule has 1 fully saturated rings. The number of nitrogens with one attached hydrogen (secondary N) is 1. The van der Waals surface area contributed by atoms with Gasteiger partial charge in [0.1, 0.15) is 11.6 Å². The predicted octanol–water partition coefficient (Wildman–Crippen LogP) is 3.14. The minimum Gasteiger partial charge on any atom is -0.319 e. The summed E-state index contributed by atoms with van der Waals surface area (Å²) in [5.41, 5.74) is 2.90. The molecular weight excluding hydrogens is 378 g/mol. The van der Waals surface area contributed by atoms with Crippen LogP contribution in [-0.2, 0) is 28.0 Å². The fourth-order valence-electron chi connectivity index (χ4n) is 5.23. The maximum Gasteiger partial charge on any atom is 0.326 e. The van der Waals surface area contributed by atoms with Crippen molar-refractivity contribution in [3.8, 4) is 0 Å². The SMILES string of the molecule is CC(C(=O)N1CCCc2ccccc21)N1C(=O)NC2(CCCc3ccccc32)C1=O. The van der Waals surface area contributed by atoms with Gasteiger partial charge in [-0.05, 0) is 61.8 Å². The standard InChI is InChI=1S/C24H25N3O3/c1-16(21(28)26-15-7-11-18-9-3-5-13-20(18)26)27-22(29)24(25-23(27)30)14-6-10-17-8-2-4-12-19(17)24/h2-5,8-9,12-13,16H,6-7,10-11,14-15H2,1H3,(H,25,30). The third kappa shape index (κ3) is 2.66. The lowest BCUT2D eigenvalue weighted by molar-refractivity contribution is -0.137. The lowest BCUT2D eigenvalue weighted by atomic mass is 9.76. The van der Waals surface area contributed by atoms with Crippen molar-refractivity contribution in [3.63, 3.8) is 0 Å². The fraction of sp³-hybridized carbons (Fsp3) is 0.375. The van der Waals surface area contributed by atoms with Gasteiger partial charge in [0.05, 0.1) is 0 Å². The summed E-state index contributed by atoms with van der Waals surface area (Å²) in [5.74, 6) is -0.530. The Morgan fingerprint density at radius 1 is 1.00 bits per heavy atom. The molecule has 2 aliphatic heterocycles. The van der Waals surface area contributed by atoms with E-state index in [2.05, 4.69) is 5.32 Å². The molecule has 2 atom stereocenters. The molecule has 1 aliphatic carbocycles.